The topological polar surface area (TPSA) is 95.9 Å². The van der Waals surface area contributed by atoms with Crippen molar-refractivity contribution in [2.75, 3.05) is 25.0 Å². The van der Waals surface area contributed by atoms with Crippen LogP contribution in [0.2, 0.25) is 0 Å². The highest BCUT2D eigenvalue weighted by molar-refractivity contribution is 7.89. The number of carbonyl (C=O) groups excluding carboxylic acids is 1. The van der Waals surface area contributed by atoms with Gasteiger partial charge in [0.05, 0.1) is 10.6 Å². The van der Waals surface area contributed by atoms with E-state index >= 15 is 0 Å². The summed E-state index contributed by atoms with van der Waals surface area (Å²) in [5, 5.41) is 12.5. The molecule has 2 aromatic carbocycles. The van der Waals surface area contributed by atoms with Crippen molar-refractivity contribution >= 4 is 21.6 Å². The van der Waals surface area contributed by atoms with Crippen molar-refractivity contribution in [1.29, 1.82) is 0 Å². The fraction of sp³-hybridized carbons (Fsp3) is 0.350. The molecule has 1 amide bonds. The molecule has 0 radical (unpaired) electrons. The van der Waals surface area contributed by atoms with Gasteiger partial charge in [0.2, 0.25) is 10.0 Å². The van der Waals surface area contributed by atoms with Crippen LogP contribution in [0.25, 0.3) is 0 Å². The lowest BCUT2D eigenvalue weighted by Crippen LogP contribution is -2.28. The van der Waals surface area contributed by atoms with Crippen molar-refractivity contribution in [2.24, 2.45) is 0 Å². The number of aryl methyl sites for hydroxylation is 2. The van der Waals surface area contributed by atoms with Gasteiger partial charge in [0.1, 0.15) is 11.5 Å². The molecule has 0 bridgehead atoms. The van der Waals surface area contributed by atoms with Gasteiger partial charge in [0.25, 0.3) is 5.91 Å². The number of phenols is 1. The molecule has 3 rings (SSSR count). The standard InChI is InChI=1S/C20H24N2O5S/c1-14-5-8-19(15(2)11-14)27-13-20(24)21-17-12-16(6-7-18(17)23)28(25,26)22-9-3-4-10-22/h5-8,11-12,23H,3-4,9-10,13H2,1-2H3,(H,21,24). The number of nitrogens with one attached hydrogen (secondary N) is 1. The molecule has 1 aliphatic rings. The summed E-state index contributed by atoms with van der Waals surface area (Å²) in [6, 6.07) is 9.51. The third kappa shape index (κ3) is 4.45. The van der Waals surface area contributed by atoms with Crippen LogP contribution in [0, 0.1) is 13.8 Å². The maximum atomic E-state index is 12.7. The molecule has 8 heteroatoms. The van der Waals surface area contributed by atoms with Gasteiger partial charge in [-0.3, -0.25) is 4.79 Å². The van der Waals surface area contributed by atoms with Crippen molar-refractivity contribution < 1.29 is 23.1 Å². The second kappa shape index (κ2) is 8.20. The van der Waals surface area contributed by atoms with Crippen molar-refractivity contribution in [2.45, 2.75) is 31.6 Å². The number of ether oxygens (including phenoxy) is 1. The molecule has 0 aliphatic carbocycles. The monoisotopic (exact) mass is 404 g/mol. The number of nitrogens with zero attached hydrogens (tertiary/aromatic N) is 1. The molecule has 0 spiro atoms. The Bertz CT molecular complexity index is 982. The number of aromatic hydroxyl groups is 1. The van der Waals surface area contributed by atoms with E-state index in [1.54, 1.807) is 6.07 Å². The summed E-state index contributed by atoms with van der Waals surface area (Å²) in [7, 11) is -3.64. The van der Waals surface area contributed by atoms with E-state index in [1.165, 1.54) is 22.5 Å². The number of anilines is 1. The molecule has 1 heterocycles. The van der Waals surface area contributed by atoms with Gasteiger partial charge in [-0.15, -0.1) is 0 Å². The third-order valence-electron chi connectivity index (χ3n) is 4.63. The summed E-state index contributed by atoms with van der Waals surface area (Å²) in [4.78, 5) is 12.3. The number of phenolic OH excluding ortho intramolecular Hbond substituents is 1. The molecule has 0 saturated carbocycles. The first kappa shape index (κ1) is 20.2. The SMILES string of the molecule is Cc1ccc(OCC(=O)Nc2cc(S(=O)(=O)N3CCCC3)ccc2O)c(C)c1. The van der Waals surface area contributed by atoms with Crippen LogP contribution in [-0.2, 0) is 14.8 Å². The Morgan fingerprint density at radius 1 is 1.14 bits per heavy atom. The van der Waals surface area contributed by atoms with Crippen molar-refractivity contribution in [3.05, 3.63) is 47.5 Å². The zero-order valence-electron chi connectivity index (χ0n) is 15.9. The largest absolute Gasteiger partial charge is 0.506 e. The predicted molar refractivity (Wildman–Crippen MR) is 106 cm³/mol. The van der Waals surface area contributed by atoms with E-state index in [-0.39, 0.29) is 22.9 Å². The van der Waals surface area contributed by atoms with Gasteiger partial charge in [0.15, 0.2) is 6.61 Å². The lowest BCUT2D eigenvalue weighted by Gasteiger charge is -2.17. The van der Waals surface area contributed by atoms with Crippen LogP contribution < -0.4 is 10.1 Å². The number of carbonyl (C=O) groups is 1. The summed E-state index contributed by atoms with van der Waals surface area (Å²) in [6.07, 6.45) is 1.66. The molecule has 0 aromatic heterocycles. The molecule has 0 atom stereocenters. The Labute approximate surface area is 165 Å². The van der Waals surface area contributed by atoms with Gasteiger partial charge in [-0.05, 0) is 56.5 Å². The summed E-state index contributed by atoms with van der Waals surface area (Å²) in [6.45, 7) is 4.56. The summed E-state index contributed by atoms with van der Waals surface area (Å²) < 4.78 is 32.3. The first-order valence-corrected chi connectivity index (χ1v) is 10.5. The highest BCUT2D eigenvalue weighted by Crippen LogP contribution is 2.29. The van der Waals surface area contributed by atoms with Crippen LogP contribution in [0.5, 0.6) is 11.5 Å². The number of sulfonamides is 1. The summed E-state index contributed by atoms with van der Waals surface area (Å²) in [5.41, 5.74) is 2.04. The fourth-order valence-corrected chi connectivity index (χ4v) is 4.69. The van der Waals surface area contributed by atoms with E-state index in [0.717, 1.165) is 24.0 Å². The molecular formula is C20H24N2O5S. The second-order valence-corrected chi connectivity index (χ2v) is 8.83. The van der Waals surface area contributed by atoms with E-state index in [1.807, 2.05) is 26.0 Å². The molecule has 2 aromatic rings. The van der Waals surface area contributed by atoms with Crippen LogP contribution in [-0.4, -0.2) is 43.4 Å². The minimum atomic E-state index is -3.64. The minimum absolute atomic E-state index is 0.0366. The third-order valence-corrected chi connectivity index (χ3v) is 6.53. The number of rotatable bonds is 6. The molecule has 0 unspecified atom stereocenters. The van der Waals surface area contributed by atoms with Crippen LogP contribution >= 0.6 is 0 Å². The Kier molecular flexibility index (Phi) is 5.90. The Hall–Kier alpha value is -2.58. The van der Waals surface area contributed by atoms with E-state index in [0.29, 0.717) is 18.8 Å². The average molecular weight is 404 g/mol. The van der Waals surface area contributed by atoms with Crippen LogP contribution in [0.15, 0.2) is 41.3 Å². The molecule has 1 fully saturated rings. The Morgan fingerprint density at radius 2 is 1.86 bits per heavy atom. The number of hydrogen-bond donors (Lipinski definition) is 2. The Morgan fingerprint density at radius 3 is 2.54 bits per heavy atom. The van der Waals surface area contributed by atoms with Gasteiger partial charge >= 0.3 is 0 Å². The van der Waals surface area contributed by atoms with Gasteiger partial charge in [0, 0.05) is 13.1 Å². The lowest BCUT2D eigenvalue weighted by atomic mass is 10.1. The Balaban J connectivity index is 1.70. The van der Waals surface area contributed by atoms with Gasteiger partial charge < -0.3 is 15.2 Å². The van der Waals surface area contributed by atoms with Crippen LogP contribution in [0.4, 0.5) is 5.69 Å². The molecule has 28 heavy (non-hydrogen) atoms. The van der Waals surface area contributed by atoms with Crippen LogP contribution in [0.1, 0.15) is 24.0 Å². The highest BCUT2D eigenvalue weighted by Gasteiger charge is 2.27. The van der Waals surface area contributed by atoms with Gasteiger partial charge in [-0.1, -0.05) is 17.7 Å². The quantitative estimate of drug-likeness (QED) is 0.722. The van der Waals surface area contributed by atoms with Crippen molar-refractivity contribution in [1.82, 2.24) is 4.31 Å². The van der Waals surface area contributed by atoms with Gasteiger partial charge in [-0.2, -0.15) is 4.31 Å². The van der Waals surface area contributed by atoms with E-state index < -0.39 is 15.9 Å². The molecular weight excluding hydrogens is 380 g/mol. The summed E-state index contributed by atoms with van der Waals surface area (Å²) >= 11 is 0. The molecule has 150 valence electrons. The predicted octanol–water partition coefficient (Wildman–Crippen LogP) is 2.81. The number of amides is 1. The smallest absolute Gasteiger partial charge is 0.262 e. The maximum absolute atomic E-state index is 12.7. The maximum Gasteiger partial charge on any atom is 0.262 e. The molecule has 7 nitrogen and oxygen atoms in total. The minimum Gasteiger partial charge on any atom is -0.506 e. The first-order chi connectivity index (χ1) is 13.3. The van der Waals surface area contributed by atoms with E-state index in [4.69, 9.17) is 4.74 Å². The first-order valence-electron chi connectivity index (χ1n) is 9.10. The molecule has 2 N–H and O–H groups in total. The van der Waals surface area contributed by atoms with Crippen molar-refractivity contribution in [3.8, 4) is 11.5 Å². The lowest BCUT2D eigenvalue weighted by molar-refractivity contribution is -0.118. The van der Waals surface area contributed by atoms with E-state index in [2.05, 4.69) is 5.32 Å². The highest BCUT2D eigenvalue weighted by atomic mass is 32.2. The summed E-state index contributed by atoms with van der Waals surface area (Å²) in [5.74, 6) is -0.110. The fourth-order valence-electron chi connectivity index (χ4n) is 3.14. The molecule has 1 saturated heterocycles. The second-order valence-electron chi connectivity index (χ2n) is 6.90. The molecule has 1 aliphatic heterocycles. The normalized spacial score (nSPS) is 14.8. The van der Waals surface area contributed by atoms with Crippen molar-refractivity contribution in [3.63, 3.8) is 0 Å². The number of benzene rings is 2. The van der Waals surface area contributed by atoms with Gasteiger partial charge in [-0.25, -0.2) is 8.42 Å². The van der Waals surface area contributed by atoms with E-state index in [9.17, 15) is 18.3 Å². The zero-order chi connectivity index (χ0) is 20.3. The zero-order valence-corrected chi connectivity index (χ0v) is 16.8. The number of hydrogen-bond acceptors (Lipinski definition) is 5. The van der Waals surface area contributed by atoms with Crippen LogP contribution in [0.3, 0.4) is 0 Å². The average Bonchev–Trinajstić information content (AvgIpc) is 3.18.